The topological polar surface area (TPSA) is 62.4 Å². The summed E-state index contributed by atoms with van der Waals surface area (Å²) in [5.74, 6) is -1.51. The quantitative estimate of drug-likeness (QED) is 0.806. The number of aromatic amines is 1. The molecule has 0 saturated carbocycles. The molecule has 2 aromatic rings. The Bertz CT molecular complexity index is 847. The highest BCUT2D eigenvalue weighted by atomic mass is 19.4. The highest BCUT2D eigenvalue weighted by Crippen LogP contribution is 2.26. The Kier molecular flexibility index (Phi) is 4.04. The first-order chi connectivity index (χ1) is 11.3. The summed E-state index contributed by atoms with van der Waals surface area (Å²) in [7, 11) is 0. The molecule has 1 aliphatic rings. The summed E-state index contributed by atoms with van der Waals surface area (Å²) < 4.78 is 56.5. The van der Waals surface area contributed by atoms with Crippen molar-refractivity contribution in [3.63, 3.8) is 0 Å². The number of morpholine rings is 1. The third-order valence-corrected chi connectivity index (χ3v) is 3.81. The van der Waals surface area contributed by atoms with Gasteiger partial charge in [0.15, 0.2) is 6.10 Å². The Labute approximate surface area is 132 Å². The van der Waals surface area contributed by atoms with E-state index in [2.05, 4.69) is 9.72 Å². The number of aromatic nitrogens is 1. The van der Waals surface area contributed by atoms with Crippen LogP contribution in [0.3, 0.4) is 0 Å². The Hall–Kier alpha value is -2.42. The molecule has 0 bridgehead atoms. The Morgan fingerprint density at radius 3 is 2.79 bits per heavy atom. The van der Waals surface area contributed by atoms with Crippen LogP contribution in [0.15, 0.2) is 29.2 Å². The van der Waals surface area contributed by atoms with E-state index in [4.69, 9.17) is 0 Å². The lowest BCUT2D eigenvalue weighted by molar-refractivity contribution is -0.233. The second-order valence-corrected chi connectivity index (χ2v) is 5.35. The predicted octanol–water partition coefficient (Wildman–Crippen LogP) is 2.07. The molecule has 2 heterocycles. The number of benzene rings is 1. The standard InChI is InChI=1S/C15H12F4N2O3/c16-10-3-1-2-8-12(10)20-6-9(13(8)22)14(23)21-4-5-24-11(7-21)15(17,18)19/h1-3,6,11H,4-5,7H2,(H,20,22)/t11-/m0/s1. The molecular weight excluding hydrogens is 332 g/mol. The van der Waals surface area contributed by atoms with E-state index in [1.54, 1.807) is 0 Å². The molecular formula is C15H12F4N2O3. The number of alkyl halides is 3. The Morgan fingerprint density at radius 2 is 2.08 bits per heavy atom. The lowest BCUT2D eigenvalue weighted by Gasteiger charge is -2.33. The molecule has 0 radical (unpaired) electrons. The van der Waals surface area contributed by atoms with Crippen molar-refractivity contribution in [2.75, 3.05) is 19.7 Å². The van der Waals surface area contributed by atoms with Crippen molar-refractivity contribution in [1.29, 1.82) is 0 Å². The summed E-state index contributed by atoms with van der Waals surface area (Å²) in [4.78, 5) is 28.2. The van der Waals surface area contributed by atoms with Crippen molar-refractivity contribution in [2.45, 2.75) is 12.3 Å². The fraction of sp³-hybridized carbons (Fsp3) is 0.333. The van der Waals surface area contributed by atoms with Crippen LogP contribution in [0, 0.1) is 5.82 Å². The largest absolute Gasteiger partial charge is 0.416 e. The number of para-hydroxylation sites is 1. The summed E-state index contributed by atoms with van der Waals surface area (Å²) in [6.07, 6.45) is -5.67. The number of H-pyrrole nitrogens is 1. The second-order valence-electron chi connectivity index (χ2n) is 5.35. The van der Waals surface area contributed by atoms with Crippen LogP contribution in [0.2, 0.25) is 0 Å². The molecule has 0 aliphatic carbocycles. The zero-order chi connectivity index (χ0) is 17.5. The van der Waals surface area contributed by atoms with Crippen LogP contribution in [0.1, 0.15) is 10.4 Å². The van der Waals surface area contributed by atoms with E-state index >= 15 is 0 Å². The number of pyridine rings is 1. The lowest BCUT2D eigenvalue weighted by Crippen LogP contribution is -2.51. The van der Waals surface area contributed by atoms with Crippen LogP contribution in [-0.4, -0.2) is 47.8 Å². The first kappa shape index (κ1) is 16.4. The maximum absolute atomic E-state index is 13.6. The smallest absolute Gasteiger partial charge is 0.365 e. The number of fused-ring (bicyclic) bond motifs is 1. The van der Waals surface area contributed by atoms with Gasteiger partial charge in [-0.3, -0.25) is 9.59 Å². The molecule has 1 aromatic carbocycles. The van der Waals surface area contributed by atoms with Gasteiger partial charge in [-0.15, -0.1) is 0 Å². The normalized spacial score (nSPS) is 18.8. The van der Waals surface area contributed by atoms with Crippen molar-refractivity contribution in [2.24, 2.45) is 0 Å². The first-order valence-electron chi connectivity index (χ1n) is 7.06. The lowest BCUT2D eigenvalue weighted by atomic mass is 10.1. The van der Waals surface area contributed by atoms with Gasteiger partial charge in [0.2, 0.25) is 5.43 Å². The van der Waals surface area contributed by atoms with Crippen molar-refractivity contribution in [1.82, 2.24) is 9.88 Å². The third-order valence-electron chi connectivity index (χ3n) is 3.81. The van der Waals surface area contributed by atoms with Gasteiger partial charge in [0.1, 0.15) is 11.4 Å². The fourth-order valence-electron chi connectivity index (χ4n) is 2.58. The van der Waals surface area contributed by atoms with Gasteiger partial charge in [0, 0.05) is 18.1 Å². The van der Waals surface area contributed by atoms with Crippen LogP contribution < -0.4 is 5.43 Å². The van der Waals surface area contributed by atoms with E-state index in [0.29, 0.717) is 0 Å². The van der Waals surface area contributed by atoms with Crippen LogP contribution in [-0.2, 0) is 4.74 Å². The molecule has 24 heavy (non-hydrogen) atoms. The number of ether oxygens (including phenoxy) is 1. The maximum Gasteiger partial charge on any atom is 0.416 e. The summed E-state index contributed by atoms with van der Waals surface area (Å²) in [6, 6.07) is 3.80. The number of halogens is 4. The van der Waals surface area contributed by atoms with E-state index in [9.17, 15) is 27.2 Å². The molecule has 5 nitrogen and oxygen atoms in total. The van der Waals surface area contributed by atoms with E-state index in [1.165, 1.54) is 12.1 Å². The van der Waals surface area contributed by atoms with Gasteiger partial charge in [-0.25, -0.2) is 4.39 Å². The molecule has 0 spiro atoms. The van der Waals surface area contributed by atoms with Crippen LogP contribution in [0.25, 0.3) is 10.9 Å². The van der Waals surface area contributed by atoms with Gasteiger partial charge in [-0.05, 0) is 12.1 Å². The fourth-order valence-corrected chi connectivity index (χ4v) is 2.58. The molecule has 1 atom stereocenters. The van der Waals surface area contributed by atoms with Crippen LogP contribution in [0.4, 0.5) is 17.6 Å². The Morgan fingerprint density at radius 1 is 1.33 bits per heavy atom. The molecule has 1 amide bonds. The SMILES string of the molecule is O=C(c1c[nH]c2c(F)cccc2c1=O)N1CCO[C@H](C(F)(F)F)C1. The first-order valence-corrected chi connectivity index (χ1v) is 7.06. The zero-order valence-corrected chi connectivity index (χ0v) is 12.2. The van der Waals surface area contributed by atoms with Crippen molar-refractivity contribution in [3.05, 3.63) is 46.0 Å². The molecule has 1 aromatic heterocycles. The summed E-state index contributed by atoms with van der Waals surface area (Å²) in [5, 5.41) is -0.0403. The molecule has 9 heteroatoms. The van der Waals surface area contributed by atoms with Crippen molar-refractivity contribution >= 4 is 16.8 Å². The summed E-state index contributed by atoms with van der Waals surface area (Å²) >= 11 is 0. The number of nitrogens with zero attached hydrogens (tertiary/aromatic N) is 1. The average molecular weight is 344 g/mol. The van der Waals surface area contributed by atoms with Gasteiger partial charge in [-0.1, -0.05) is 6.07 Å². The molecule has 0 unspecified atom stereocenters. The van der Waals surface area contributed by atoms with Gasteiger partial charge in [0.25, 0.3) is 5.91 Å². The zero-order valence-electron chi connectivity index (χ0n) is 12.2. The third kappa shape index (κ3) is 2.86. The monoisotopic (exact) mass is 344 g/mol. The number of hydrogen-bond donors (Lipinski definition) is 1. The van der Waals surface area contributed by atoms with Gasteiger partial charge < -0.3 is 14.6 Å². The predicted molar refractivity (Wildman–Crippen MR) is 76.2 cm³/mol. The molecule has 1 N–H and O–H groups in total. The number of carbonyl (C=O) groups excluding carboxylic acids is 1. The van der Waals surface area contributed by atoms with Crippen molar-refractivity contribution in [3.8, 4) is 0 Å². The highest BCUT2D eigenvalue weighted by molar-refractivity contribution is 5.97. The molecule has 1 saturated heterocycles. The summed E-state index contributed by atoms with van der Waals surface area (Å²) in [6.45, 7) is -1.04. The number of amides is 1. The molecule has 3 rings (SSSR count). The van der Waals surface area contributed by atoms with Crippen LogP contribution in [0.5, 0.6) is 0 Å². The average Bonchev–Trinajstić information content (AvgIpc) is 2.55. The Balaban J connectivity index is 1.94. The maximum atomic E-state index is 13.6. The van der Waals surface area contributed by atoms with E-state index in [1.807, 2.05) is 0 Å². The van der Waals surface area contributed by atoms with E-state index < -0.39 is 36.0 Å². The minimum atomic E-state index is -4.60. The van der Waals surface area contributed by atoms with Gasteiger partial charge >= 0.3 is 6.18 Å². The molecule has 1 fully saturated rings. The number of hydrogen-bond acceptors (Lipinski definition) is 3. The summed E-state index contributed by atoms with van der Waals surface area (Å²) in [5.41, 5.74) is -1.13. The van der Waals surface area contributed by atoms with Gasteiger partial charge in [-0.2, -0.15) is 13.2 Å². The minimum absolute atomic E-state index is 0.0403. The van der Waals surface area contributed by atoms with Crippen LogP contribution >= 0.6 is 0 Å². The minimum Gasteiger partial charge on any atom is -0.365 e. The molecule has 128 valence electrons. The van der Waals surface area contributed by atoms with E-state index in [0.717, 1.165) is 17.2 Å². The van der Waals surface area contributed by atoms with Crippen molar-refractivity contribution < 1.29 is 27.1 Å². The van der Waals surface area contributed by atoms with Gasteiger partial charge in [0.05, 0.1) is 18.7 Å². The number of carbonyl (C=O) groups is 1. The second kappa shape index (κ2) is 5.90. The van der Waals surface area contributed by atoms with E-state index in [-0.39, 0.29) is 29.6 Å². The molecule has 1 aliphatic heterocycles. The number of nitrogens with one attached hydrogen (secondary N) is 1. The number of rotatable bonds is 1. The highest BCUT2D eigenvalue weighted by Gasteiger charge is 2.44.